The van der Waals surface area contributed by atoms with Gasteiger partial charge in [-0.15, -0.1) is 0 Å². The smallest absolute Gasteiger partial charge is 0.330 e. The van der Waals surface area contributed by atoms with Gasteiger partial charge in [-0.25, -0.2) is 4.79 Å². The minimum Gasteiger partial charge on any atom is -0.467 e. The first-order valence-electron chi connectivity index (χ1n) is 4.77. The molecule has 1 aromatic rings. The van der Waals surface area contributed by atoms with Crippen molar-refractivity contribution in [2.75, 3.05) is 19.0 Å². The molecule has 2 N–H and O–H groups in total. The van der Waals surface area contributed by atoms with Crippen molar-refractivity contribution in [3.63, 3.8) is 0 Å². The summed E-state index contributed by atoms with van der Waals surface area (Å²) in [5.41, 5.74) is 0.849. The van der Waals surface area contributed by atoms with E-state index in [-0.39, 0.29) is 0 Å². The summed E-state index contributed by atoms with van der Waals surface area (Å²) in [5.74, 6) is -0.584. The van der Waals surface area contributed by atoms with Gasteiger partial charge in [0.1, 0.15) is 12.1 Å². The highest BCUT2D eigenvalue weighted by atomic mass is 79.9. The van der Waals surface area contributed by atoms with Crippen molar-refractivity contribution in [2.45, 2.75) is 6.04 Å². The molecule has 1 rings (SSSR count). The quantitative estimate of drug-likeness (QED) is 0.818. The predicted octanol–water partition coefficient (Wildman–Crippen LogP) is 1.27. The molecule has 0 saturated heterocycles. The van der Waals surface area contributed by atoms with Crippen molar-refractivity contribution < 1.29 is 14.6 Å². The zero-order valence-corrected chi connectivity index (χ0v) is 10.7. The summed E-state index contributed by atoms with van der Waals surface area (Å²) in [6, 6.07) is 6.11. The number of nitriles is 1. The molecule has 0 saturated carbocycles. The standard InChI is InChI=1S/C11H11BrN2O3/c1-17-11(16)10(6-15)14-9-3-2-8(12)4-7(9)5-13/h2-4,10,14-15H,6H2,1H3. The molecule has 1 unspecified atom stereocenters. The van der Waals surface area contributed by atoms with Gasteiger partial charge in [0, 0.05) is 4.47 Å². The second kappa shape index (κ2) is 6.23. The monoisotopic (exact) mass is 298 g/mol. The Balaban J connectivity index is 2.94. The minimum absolute atomic E-state index is 0.377. The van der Waals surface area contributed by atoms with Gasteiger partial charge < -0.3 is 15.2 Å². The van der Waals surface area contributed by atoms with Gasteiger partial charge in [0.25, 0.3) is 0 Å². The number of anilines is 1. The van der Waals surface area contributed by atoms with Crippen LogP contribution < -0.4 is 5.32 Å². The maximum atomic E-state index is 11.3. The lowest BCUT2D eigenvalue weighted by Gasteiger charge is -2.16. The third kappa shape index (κ3) is 3.44. The van der Waals surface area contributed by atoms with Gasteiger partial charge in [-0.1, -0.05) is 15.9 Å². The fourth-order valence-corrected chi connectivity index (χ4v) is 1.60. The zero-order valence-electron chi connectivity index (χ0n) is 9.11. The largest absolute Gasteiger partial charge is 0.467 e. The second-order valence-corrected chi connectivity index (χ2v) is 4.12. The highest BCUT2D eigenvalue weighted by molar-refractivity contribution is 9.10. The fraction of sp³-hybridized carbons (Fsp3) is 0.273. The Labute approximate surface area is 107 Å². The highest BCUT2D eigenvalue weighted by Gasteiger charge is 2.18. The molecule has 6 heteroatoms. The predicted molar refractivity (Wildman–Crippen MR) is 65.4 cm³/mol. The summed E-state index contributed by atoms with van der Waals surface area (Å²) in [7, 11) is 1.24. The number of benzene rings is 1. The van der Waals surface area contributed by atoms with Crippen LogP contribution in [-0.2, 0) is 9.53 Å². The first-order valence-corrected chi connectivity index (χ1v) is 5.56. The molecule has 0 radical (unpaired) electrons. The third-order valence-electron chi connectivity index (χ3n) is 2.10. The molecule has 1 atom stereocenters. The first-order chi connectivity index (χ1) is 8.12. The van der Waals surface area contributed by atoms with Crippen LogP contribution in [0.25, 0.3) is 0 Å². The molecule has 17 heavy (non-hydrogen) atoms. The molecule has 0 bridgehead atoms. The average molecular weight is 299 g/mol. The van der Waals surface area contributed by atoms with Crippen LogP contribution >= 0.6 is 15.9 Å². The van der Waals surface area contributed by atoms with Crippen LogP contribution in [0.2, 0.25) is 0 Å². The summed E-state index contributed by atoms with van der Waals surface area (Å²) in [5, 5.41) is 20.7. The summed E-state index contributed by atoms with van der Waals surface area (Å²) in [4.78, 5) is 11.3. The van der Waals surface area contributed by atoms with E-state index in [1.54, 1.807) is 18.2 Å². The molecule has 1 aromatic carbocycles. The topological polar surface area (TPSA) is 82.3 Å². The van der Waals surface area contributed by atoms with E-state index < -0.39 is 18.6 Å². The zero-order chi connectivity index (χ0) is 12.8. The Bertz CT molecular complexity index is 457. The van der Waals surface area contributed by atoms with Gasteiger partial charge in [0.15, 0.2) is 0 Å². The molecule has 0 heterocycles. The van der Waals surface area contributed by atoms with Crippen molar-refractivity contribution in [2.24, 2.45) is 0 Å². The number of carbonyl (C=O) groups is 1. The number of aliphatic hydroxyl groups is 1. The second-order valence-electron chi connectivity index (χ2n) is 3.20. The van der Waals surface area contributed by atoms with E-state index in [1.807, 2.05) is 6.07 Å². The average Bonchev–Trinajstić information content (AvgIpc) is 2.36. The van der Waals surface area contributed by atoms with E-state index in [2.05, 4.69) is 26.0 Å². The number of carbonyl (C=O) groups excluding carboxylic acids is 1. The molecule has 0 amide bonds. The van der Waals surface area contributed by atoms with Crippen molar-refractivity contribution in [3.8, 4) is 6.07 Å². The molecular formula is C11H11BrN2O3. The lowest BCUT2D eigenvalue weighted by molar-refractivity contribution is -0.142. The Morgan fingerprint density at radius 1 is 1.71 bits per heavy atom. The number of hydrogen-bond donors (Lipinski definition) is 2. The molecule has 90 valence electrons. The van der Waals surface area contributed by atoms with Crippen molar-refractivity contribution >= 4 is 27.6 Å². The minimum atomic E-state index is -0.881. The van der Waals surface area contributed by atoms with Crippen LogP contribution in [0.15, 0.2) is 22.7 Å². The number of nitrogens with one attached hydrogen (secondary N) is 1. The van der Waals surface area contributed by atoms with Crippen LogP contribution in [0.1, 0.15) is 5.56 Å². The number of aliphatic hydroxyl groups excluding tert-OH is 1. The van der Waals surface area contributed by atoms with Gasteiger partial charge in [-0.2, -0.15) is 5.26 Å². The number of esters is 1. The molecule has 5 nitrogen and oxygen atoms in total. The summed E-state index contributed by atoms with van der Waals surface area (Å²) < 4.78 is 5.28. The Hall–Kier alpha value is -1.58. The van der Waals surface area contributed by atoms with Crippen LogP contribution in [0.5, 0.6) is 0 Å². The first kappa shape index (κ1) is 13.5. The maximum absolute atomic E-state index is 11.3. The number of rotatable bonds is 4. The summed E-state index contributed by atoms with van der Waals surface area (Å²) >= 11 is 3.24. The lowest BCUT2D eigenvalue weighted by atomic mass is 10.1. The number of nitrogens with zero attached hydrogens (tertiary/aromatic N) is 1. The number of hydrogen-bond acceptors (Lipinski definition) is 5. The van der Waals surface area contributed by atoms with Crippen molar-refractivity contribution in [3.05, 3.63) is 28.2 Å². The van der Waals surface area contributed by atoms with Crippen LogP contribution in [0, 0.1) is 11.3 Å². The molecule has 0 aliphatic heterocycles. The van der Waals surface area contributed by atoms with Gasteiger partial charge in [-0.3, -0.25) is 0 Å². The van der Waals surface area contributed by atoms with E-state index in [9.17, 15) is 4.79 Å². The normalized spacial score (nSPS) is 11.4. The molecule has 0 fully saturated rings. The SMILES string of the molecule is COC(=O)C(CO)Nc1ccc(Br)cc1C#N. The van der Waals surface area contributed by atoms with E-state index in [4.69, 9.17) is 10.4 Å². The number of methoxy groups -OCH3 is 1. The molecule has 0 aliphatic carbocycles. The molecule has 0 aromatic heterocycles. The molecular weight excluding hydrogens is 288 g/mol. The molecule has 0 aliphatic rings. The maximum Gasteiger partial charge on any atom is 0.330 e. The van der Waals surface area contributed by atoms with Gasteiger partial charge in [0.2, 0.25) is 0 Å². The van der Waals surface area contributed by atoms with Gasteiger partial charge in [0.05, 0.1) is 25.0 Å². The number of ether oxygens (including phenoxy) is 1. The summed E-state index contributed by atoms with van der Waals surface area (Å²) in [6.07, 6.45) is 0. The Kier molecular flexibility index (Phi) is 4.94. The lowest BCUT2D eigenvalue weighted by Crippen LogP contribution is -2.34. The van der Waals surface area contributed by atoms with Crippen molar-refractivity contribution in [1.29, 1.82) is 5.26 Å². The van der Waals surface area contributed by atoms with E-state index >= 15 is 0 Å². The van der Waals surface area contributed by atoms with Crippen LogP contribution in [-0.4, -0.2) is 30.8 Å². The number of halogens is 1. The Morgan fingerprint density at radius 3 is 2.94 bits per heavy atom. The molecule has 0 spiro atoms. The van der Waals surface area contributed by atoms with Gasteiger partial charge >= 0.3 is 5.97 Å². The van der Waals surface area contributed by atoms with E-state index in [1.165, 1.54) is 7.11 Å². The van der Waals surface area contributed by atoms with E-state index in [0.717, 1.165) is 4.47 Å². The van der Waals surface area contributed by atoms with Gasteiger partial charge in [-0.05, 0) is 18.2 Å². The van der Waals surface area contributed by atoms with Crippen LogP contribution in [0.3, 0.4) is 0 Å². The van der Waals surface area contributed by atoms with Crippen molar-refractivity contribution in [1.82, 2.24) is 0 Å². The fourth-order valence-electron chi connectivity index (χ4n) is 1.24. The summed E-state index contributed by atoms with van der Waals surface area (Å²) in [6.45, 7) is -0.409. The third-order valence-corrected chi connectivity index (χ3v) is 2.59. The highest BCUT2D eigenvalue weighted by Crippen LogP contribution is 2.21. The van der Waals surface area contributed by atoms with E-state index in [0.29, 0.717) is 11.3 Å². The Morgan fingerprint density at radius 2 is 2.41 bits per heavy atom. The van der Waals surface area contributed by atoms with Crippen LogP contribution in [0.4, 0.5) is 5.69 Å².